The topological polar surface area (TPSA) is 49.4 Å². The first kappa shape index (κ1) is 17.0. The summed E-state index contributed by atoms with van der Waals surface area (Å²) >= 11 is 4.82. The van der Waals surface area contributed by atoms with Crippen LogP contribution in [-0.4, -0.2) is 18.4 Å². The van der Waals surface area contributed by atoms with Crippen LogP contribution in [0.2, 0.25) is 0 Å². The molecule has 0 saturated carbocycles. The second-order valence-corrected chi connectivity index (χ2v) is 7.86. The number of anilines is 2. The van der Waals surface area contributed by atoms with Crippen LogP contribution in [0.25, 0.3) is 0 Å². The van der Waals surface area contributed by atoms with E-state index in [1.165, 1.54) is 11.3 Å². The third-order valence-electron chi connectivity index (χ3n) is 4.30. The van der Waals surface area contributed by atoms with E-state index < -0.39 is 0 Å². The Morgan fingerprint density at radius 1 is 1.08 bits per heavy atom. The summed E-state index contributed by atoms with van der Waals surface area (Å²) in [4.78, 5) is 27.7. The van der Waals surface area contributed by atoms with Gasteiger partial charge in [0.25, 0.3) is 11.8 Å². The number of thiophene rings is 1. The summed E-state index contributed by atoms with van der Waals surface area (Å²) in [5.41, 5.74) is 3.25. The molecule has 0 bridgehead atoms. The summed E-state index contributed by atoms with van der Waals surface area (Å²) in [6.07, 6.45) is 0.826. The van der Waals surface area contributed by atoms with E-state index in [0.29, 0.717) is 17.8 Å². The van der Waals surface area contributed by atoms with Crippen molar-refractivity contribution in [3.63, 3.8) is 0 Å². The molecule has 0 unspecified atom stereocenters. The monoisotopic (exact) mass is 426 g/mol. The highest BCUT2D eigenvalue weighted by atomic mass is 79.9. The fourth-order valence-electron chi connectivity index (χ4n) is 3.03. The van der Waals surface area contributed by atoms with Gasteiger partial charge in [0.2, 0.25) is 0 Å². The van der Waals surface area contributed by atoms with Gasteiger partial charge in [0.05, 0.1) is 4.88 Å². The molecule has 0 atom stereocenters. The summed E-state index contributed by atoms with van der Waals surface area (Å²) in [5, 5.41) is 4.82. The molecule has 4 rings (SSSR count). The smallest absolute Gasteiger partial charge is 0.268 e. The Morgan fingerprint density at radius 2 is 1.96 bits per heavy atom. The fraction of sp³-hybridized carbons (Fsp3) is 0.100. The number of carbonyl (C=O) groups excluding carboxylic acids is 2. The molecule has 0 spiro atoms. The number of hydrogen-bond donors (Lipinski definition) is 1. The van der Waals surface area contributed by atoms with Gasteiger partial charge in [-0.15, -0.1) is 11.3 Å². The van der Waals surface area contributed by atoms with Crippen molar-refractivity contribution in [3.8, 4) is 0 Å². The third-order valence-corrected chi connectivity index (χ3v) is 5.65. The van der Waals surface area contributed by atoms with Gasteiger partial charge in [-0.2, -0.15) is 0 Å². The maximum atomic E-state index is 12.7. The zero-order chi connectivity index (χ0) is 18.1. The van der Waals surface area contributed by atoms with Gasteiger partial charge < -0.3 is 10.2 Å². The molecular weight excluding hydrogens is 412 g/mol. The predicted octanol–water partition coefficient (Wildman–Crippen LogP) is 4.97. The Kier molecular flexibility index (Phi) is 4.61. The van der Waals surface area contributed by atoms with Crippen molar-refractivity contribution in [2.75, 3.05) is 16.8 Å². The van der Waals surface area contributed by atoms with Crippen LogP contribution in [0.3, 0.4) is 0 Å². The zero-order valence-corrected chi connectivity index (χ0v) is 16.1. The zero-order valence-electron chi connectivity index (χ0n) is 13.7. The average Bonchev–Trinajstić information content (AvgIpc) is 3.31. The number of nitrogens with one attached hydrogen (secondary N) is 1. The number of amides is 2. The number of rotatable bonds is 3. The van der Waals surface area contributed by atoms with E-state index in [2.05, 4.69) is 21.2 Å². The van der Waals surface area contributed by atoms with Crippen molar-refractivity contribution in [2.24, 2.45) is 0 Å². The highest BCUT2D eigenvalue weighted by Gasteiger charge is 2.26. The molecule has 1 aromatic heterocycles. The number of carbonyl (C=O) groups is 2. The van der Waals surface area contributed by atoms with Gasteiger partial charge in [-0.05, 0) is 53.8 Å². The first-order valence-corrected chi connectivity index (χ1v) is 9.84. The second kappa shape index (κ2) is 7.05. The molecule has 1 aliphatic rings. The molecule has 0 radical (unpaired) electrons. The van der Waals surface area contributed by atoms with Gasteiger partial charge in [-0.3, -0.25) is 9.59 Å². The largest absolute Gasteiger partial charge is 0.322 e. The lowest BCUT2D eigenvalue weighted by Gasteiger charge is -2.17. The van der Waals surface area contributed by atoms with Crippen LogP contribution >= 0.6 is 27.3 Å². The van der Waals surface area contributed by atoms with Gasteiger partial charge in [-0.25, -0.2) is 0 Å². The van der Waals surface area contributed by atoms with E-state index in [1.807, 2.05) is 47.8 Å². The van der Waals surface area contributed by atoms with Crippen LogP contribution in [0, 0.1) is 0 Å². The van der Waals surface area contributed by atoms with Crippen LogP contribution in [0.1, 0.15) is 25.6 Å². The van der Waals surface area contributed by atoms with Crippen LogP contribution in [-0.2, 0) is 6.42 Å². The van der Waals surface area contributed by atoms with Crippen molar-refractivity contribution in [1.82, 2.24) is 0 Å². The van der Waals surface area contributed by atoms with Crippen molar-refractivity contribution in [3.05, 3.63) is 80.5 Å². The molecule has 26 heavy (non-hydrogen) atoms. The Balaban J connectivity index is 1.58. The molecule has 6 heteroatoms. The lowest BCUT2D eigenvalue weighted by molar-refractivity contribution is 0.0991. The van der Waals surface area contributed by atoms with E-state index in [9.17, 15) is 9.59 Å². The van der Waals surface area contributed by atoms with Crippen LogP contribution < -0.4 is 10.2 Å². The Hall–Kier alpha value is -2.44. The third kappa shape index (κ3) is 3.30. The highest BCUT2D eigenvalue weighted by Crippen LogP contribution is 2.32. The molecule has 3 aromatic rings. The van der Waals surface area contributed by atoms with Gasteiger partial charge >= 0.3 is 0 Å². The number of nitrogens with zero attached hydrogens (tertiary/aromatic N) is 1. The summed E-state index contributed by atoms with van der Waals surface area (Å²) in [6, 6.07) is 16.7. The fourth-order valence-corrected chi connectivity index (χ4v) is 4.11. The van der Waals surface area contributed by atoms with Gasteiger partial charge in [0.15, 0.2) is 0 Å². The van der Waals surface area contributed by atoms with Gasteiger partial charge in [-0.1, -0.05) is 34.1 Å². The van der Waals surface area contributed by atoms with E-state index in [1.54, 1.807) is 17.0 Å². The van der Waals surface area contributed by atoms with Crippen molar-refractivity contribution >= 4 is 50.5 Å². The lowest BCUT2D eigenvalue weighted by atomic mass is 10.1. The first-order chi connectivity index (χ1) is 12.6. The van der Waals surface area contributed by atoms with Gasteiger partial charge in [0, 0.05) is 28.0 Å². The number of hydrogen-bond acceptors (Lipinski definition) is 3. The molecule has 2 aromatic carbocycles. The first-order valence-electron chi connectivity index (χ1n) is 8.17. The van der Waals surface area contributed by atoms with E-state index in [4.69, 9.17) is 0 Å². The minimum absolute atomic E-state index is 0.00853. The second-order valence-electron chi connectivity index (χ2n) is 5.99. The number of fused-ring (bicyclic) bond motifs is 1. The van der Waals surface area contributed by atoms with Crippen LogP contribution in [0.15, 0.2) is 64.5 Å². The standard InChI is InChI=1S/C20H15BrN2O2S/c21-15-4-1-3-14(11-15)19(24)22-16-7-6-13-8-9-23(17(13)12-16)20(25)18-5-2-10-26-18/h1-7,10-12H,8-9H2,(H,22,24). The minimum atomic E-state index is -0.180. The summed E-state index contributed by atoms with van der Waals surface area (Å²) < 4.78 is 0.854. The molecular formula is C20H15BrN2O2S. The SMILES string of the molecule is O=C(Nc1ccc2c(c1)N(C(=O)c1cccs1)CC2)c1cccc(Br)c1. The van der Waals surface area contributed by atoms with Crippen LogP contribution in [0.4, 0.5) is 11.4 Å². The summed E-state index contributed by atoms with van der Waals surface area (Å²) in [6.45, 7) is 0.662. The minimum Gasteiger partial charge on any atom is -0.322 e. The van der Waals surface area contributed by atoms with Crippen molar-refractivity contribution in [2.45, 2.75) is 6.42 Å². The molecule has 0 aliphatic carbocycles. The molecule has 4 nitrogen and oxygen atoms in total. The molecule has 2 heterocycles. The normalized spacial score (nSPS) is 12.7. The summed E-state index contributed by atoms with van der Waals surface area (Å²) in [5.74, 6) is -0.172. The quantitative estimate of drug-likeness (QED) is 0.642. The van der Waals surface area contributed by atoms with E-state index >= 15 is 0 Å². The molecule has 0 fully saturated rings. The Bertz CT molecular complexity index is 985. The molecule has 1 aliphatic heterocycles. The number of halogens is 1. The van der Waals surface area contributed by atoms with E-state index in [-0.39, 0.29) is 11.8 Å². The Labute approximate surface area is 163 Å². The van der Waals surface area contributed by atoms with Crippen molar-refractivity contribution in [1.29, 1.82) is 0 Å². The summed E-state index contributed by atoms with van der Waals surface area (Å²) in [7, 11) is 0. The highest BCUT2D eigenvalue weighted by molar-refractivity contribution is 9.10. The van der Waals surface area contributed by atoms with E-state index in [0.717, 1.165) is 27.0 Å². The molecule has 2 amide bonds. The number of benzene rings is 2. The van der Waals surface area contributed by atoms with Crippen LogP contribution in [0.5, 0.6) is 0 Å². The molecule has 1 N–H and O–H groups in total. The van der Waals surface area contributed by atoms with Gasteiger partial charge in [0.1, 0.15) is 0 Å². The molecule has 0 saturated heterocycles. The lowest BCUT2D eigenvalue weighted by Crippen LogP contribution is -2.28. The molecule has 130 valence electrons. The average molecular weight is 427 g/mol. The maximum absolute atomic E-state index is 12.7. The maximum Gasteiger partial charge on any atom is 0.268 e. The Morgan fingerprint density at radius 3 is 2.73 bits per heavy atom. The predicted molar refractivity (Wildman–Crippen MR) is 108 cm³/mol. The van der Waals surface area contributed by atoms with Crippen molar-refractivity contribution < 1.29 is 9.59 Å².